The summed E-state index contributed by atoms with van der Waals surface area (Å²) in [7, 11) is 0. The Morgan fingerprint density at radius 1 is 1.42 bits per heavy atom. The molecule has 19 heavy (non-hydrogen) atoms. The summed E-state index contributed by atoms with van der Waals surface area (Å²) in [5.41, 5.74) is -0.468. The summed E-state index contributed by atoms with van der Waals surface area (Å²) in [6.07, 6.45) is 2.29. The zero-order chi connectivity index (χ0) is 14.9. The van der Waals surface area contributed by atoms with Crippen molar-refractivity contribution in [2.45, 2.75) is 38.8 Å². The molecule has 2 amide bonds. The van der Waals surface area contributed by atoms with E-state index in [4.69, 9.17) is 9.84 Å². The maximum Gasteiger partial charge on any atom is 0.326 e. The lowest BCUT2D eigenvalue weighted by molar-refractivity contribution is -0.139. The predicted octanol–water partition coefficient (Wildman–Crippen LogP) is 1.31. The quantitative estimate of drug-likeness (QED) is 0.596. The number of amides is 2. The van der Waals surface area contributed by atoms with Crippen LogP contribution in [0.5, 0.6) is 0 Å². The standard InChI is InChI=1S/C12H24N2O4S/c1-5-18-12(2,3)8-13-11(17)14-9(10(15)16)6-7-19-4/h9H,5-8H2,1-4H3,(H,15,16)(H2,13,14,17)/t9-/m1/s1. The molecule has 0 aromatic carbocycles. The van der Waals surface area contributed by atoms with Gasteiger partial charge in [-0.3, -0.25) is 0 Å². The van der Waals surface area contributed by atoms with Crippen LogP contribution in [0.2, 0.25) is 0 Å². The van der Waals surface area contributed by atoms with Gasteiger partial charge in [0.1, 0.15) is 6.04 Å². The average molecular weight is 292 g/mol. The number of hydrogen-bond donors (Lipinski definition) is 3. The van der Waals surface area contributed by atoms with E-state index in [9.17, 15) is 9.59 Å². The molecule has 7 heteroatoms. The Labute approximate surface area is 118 Å². The molecule has 0 aromatic heterocycles. The van der Waals surface area contributed by atoms with Crippen molar-refractivity contribution in [2.75, 3.05) is 25.2 Å². The molecule has 0 aliphatic heterocycles. The molecule has 0 radical (unpaired) electrons. The maximum absolute atomic E-state index is 11.6. The molecule has 0 bridgehead atoms. The Morgan fingerprint density at radius 3 is 2.53 bits per heavy atom. The minimum atomic E-state index is -1.02. The highest BCUT2D eigenvalue weighted by atomic mass is 32.2. The van der Waals surface area contributed by atoms with E-state index < -0.39 is 23.6 Å². The number of carbonyl (C=O) groups excluding carboxylic acids is 1. The van der Waals surface area contributed by atoms with Gasteiger partial charge in [0, 0.05) is 13.2 Å². The first-order valence-corrected chi connectivity index (χ1v) is 7.62. The fraction of sp³-hybridized carbons (Fsp3) is 0.833. The molecular weight excluding hydrogens is 268 g/mol. The number of nitrogens with one attached hydrogen (secondary N) is 2. The molecule has 0 unspecified atom stereocenters. The van der Waals surface area contributed by atoms with Crippen LogP contribution in [0.15, 0.2) is 0 Å². The van der Waals surface area contributed by atoms with Crippen molar-refractivity contribution in [1.29, 1.82) is 0 Å². The molecule has 0 heterocycles. The van der Waals surface area contributed by atoms with Crippen molar-refractivity contribution in [3.05, 3.63) is 0 Å². The van der Waals surface area contributed by atoms with Crippen molar-refractivity contribution in [3.63, 3.8) is 0 Å². The summed E-state index contributed by atoms with van der Waals surface area (Å²) in [5, 5.41) is 14.1. The van der Waals surface area contributed by atoms with Crippen LogP contribution in [-0.2, 0) is 9.53 Å². The van der Waals surface area contributed by atoms with E-state index in [1.807, 2.05) is 27.0 Å². The predicted molar refractivity (Wildman–Crippen MR) is 76.7 cm³/mol. The summed E-state index contributed by atoms with van der Waals surface area (Å²) in [4.78, 5) is 22.6. The number of rotatable bonds is 9. The van der Waals surface area contributed by atoms with Crippen molar-refractivity contribution in [1.82, 2.24) is 10.6 Å². The van der Waals surface area contributed by atoms with Gasteiger partial charge in [0.2, 0.25) is 0 Å². The summed E-state index contributed by atoms with van der Waals surface area (Å²) in [5.74, 6) is -0.338. The van der Waals surface area contributed by atoms with Crippen LogP contribution in [0.1, 0.15) is 27.2 Å². The topological polar surface area (TPSA) is 87.7 Å². The number of carboxylic acid groups (broad SMARTS) is 1. The highest BCUT2D eigenvalue weighted by Crippen LogP contribution is 2.06. The van der Waals surface area contributed by atoms with E-state index in [0.717, 1.165) is 0 Å². The molecule has 0 rings (SSSR count). The number of hydrogen-bond acceptors (Lipinski definition) is 4. The van der Waals surface area contributed by atoms with Gasteiger partial charge in [0.05, 0.1) is 5.60 Å². The highest BCUT2D eigenvalue weighted by Gasteiger charge is 2.22. The lowest BCUT2D eigenvalue weighted by atomic mass is 10.1. The molecule has 3 N–H and O–H groups in total. The van der Waals surface area contributed by atoms with Crippen molar-refractivity contribution >= 4 is 23.8 Å². The second kappa shape index (κ2) is 9.03. The Morgan fingerprint density at radius 2 is 2.05 bits per heavy atom. The number of ether oxygens (including phenoxy) is 1. The number of carbonyl (C=O) groups is 2. The normalized spacial score (nSPS) is 12.8. The van der Waals surface area contributed by atoms with Crippen molar-refractivity contribution in [3.8, 4) is 0 Å². The third-order valence-electron chi connectivity index (χ3n) is 2.42. The third kappa shape index (κ3) is 8.72. The van der Waals surface area contributed by atoms with Gasteiger partial charge < -0.3 is 20.5 Å². The Hall–Kier alpha value is -0.950. The molecule has 0 fully saturated rings. The third-order valence-corrected chi connectivity index (χ3v) is 3.07. The van der Waals surface area contributed by atoms with Crippen LogP contribution in [0, 0.1) is 0 Å². The van der Waals surface area contributed by atoms with E-state index in [2.05, 4.69) is 10.6 Å². The molecule has 0 saturated carbocycles. The minimum Gasteiger partial charge on any atom is -0.480 e. The van der Waals surface area contributed by atoms with Crippen molar-refractivity contribution < 1.29 is 19.4 Å². The Kier molecular flexibility index (Phi) is 8.58. The number of aliphatic carboxylic acids is 1. The van der Waals surface area contributed by atoms with Gasteiger partial charge in [-0.15, -0.1) is 0 Å². The fourth-order valence-corrected chi connectivity index (χ4v) is 1.91. The van der Waals surface area contributed by atoms with Gasteiger partial charge in [0.15, 0.2) is 0 Å². The lowest BCUT2D eigenvalue weighted by Gasteiger charge is -2.25. The first kappa shape index (κ1) is 18.0. The zero-order valence-corrected chi connectivity index (χ0v) is 12.8. The summed E-state index contributed by atoms with van der Waals surface area (Å²) in [6.45, 7) is 6.48. The molecular formula is C12H24N2O4S. The number of carboxylic acids is 1. The van der Waals surface area contributed by atoms with E-state index >= 15 is 0 Å². The van der Waals surface area contributed by atoms with E-state index in [-0.39, 0.29) is 0 Å². The van der Waals surface area contributed by atoms with Crippen LogP contribution in [0.3, 0.4) is 0 Å². The van der Waals surface area contributed by atoms with E-state index in [1.165, 1.54) is 0 Å². The van der Waals surface area contributed by atoms with Crippen molar-refractivity contribution in [2.24, 2.45) is 0 Å². The molecule has 0 saturated heterocycles. The maximum atomic E-state index is 11.6. The van der Waals surface area contributed by atoms with Gasteiger partial charge >= 0.3 is 12.0 Å². The second-order valence-corrected chi connectivity index (χ2v) is 5.68. The van der Waals surface area contributed by atoms with Crippen LogP contribution < -0.4 is 10.6 Å². The smallest absolute Gasteiger partial charge is 0.326 e. The van der Waals surface area contributed by atoms with Crippen LogP contribution in [0.25, 0.3) is 0 Å². The number of urea groups is 1. The minimum absolute atomic E-state index is 0.321. The largest absolute Gasteiger partial charge is 0.480 e. The molecule has 0 spiro atoms. The molecule has 6 nitrogen and oxygen atoms in total. The van der Waals surface area contributed by atoms with Gasteiger partial charge in [-0.05, 0) is 39.2 Å². The monoisotopic (exact) mass is 292 g/mol. The summed E-state index contributed by atoms with van der Waals surface area (Å²) in [6, 6.07) is -1.34. The first-order valence-electron chi connectivity index (χ1n) is 6.22. The van der Waals surface area contributed by atoms with Gasteiger partial charge in [0.25, 0.3) is 0 Å². The molecule has 112 valence electrons. The van der Waals surface area contributed by atoms with Crippen LogP contribution in [-0.4, -0.2) is 53.9 Å². The highest BCUT2D eigenvalue weighted by molar-refractivity contribution is 7.98. The summed E-state index contributed by atoms with van der Waals surface area (Å²) >= 11 is 1.54. The van der Waals surface area contributed by atoms with Crippen LogP contribution in [0.4, 0.5) is 4.79 Å². The first-order chi connectivity index (χ1) is 8.82. The zero-order valence-electron chi connectivity index (χ0n) is 12.0. The van der Waals surface area contributed by atoms with E-state index in [1.54, 1.807) is 11.8 Å². The second-order valence-electron chi connectivity index (χ2n) is 4.69. The average Bonchev–Trinajstić information content (AvgIpc) is 2.31. The number of thioether (sulfide) groups is 1. The van der Waals surface area contributed by atoms with E-state index in [0.29, 0.717) is 25.3 Å². The van der Waals surface area contributed by atoms with Crippen LogP contribution >= 0.6 is 11.8 Å². The van der Waals surface area contributed by atoms with Gasteiger partial charge in [-0.2, -0.15) is 11.8 Å². The Bertz CT molecular complexity index is 297. The van der Waals surface area contributed by atoms with Gasteiger partial charge in [-0.1, -0.05) is 0 Å². The van der Waals surface area contributed by atoms with Gasteiger partial charge in [-0.25, -0.2) is 9.59 Å². The fourth-order valence-electron chi connectivity index (χ4n) is 1.44. The molecule has 1 atom stereocenters. The summed E-state index contributed by atoms with van der Waals surface area (Å²) < 4.78 is 5.43. The SMILES string of the molecule is CCOC(C)(C)CNC(=O)N[C@H](CCSC)C(=O)O. The molecule has 0 aliphatic carbocycles. The molecule has 0 aliphatic rings. The lowest BCUT2D eigenvalue weighted by Crippen LogP contribution is -2.50. The molecule has 0 aromatic rings. The Balaban J connectivity index is 4.16.